The number of pyridine rings is 1. The van der Waals surface area contributed by atoms with Crippen molar-refractivity contribution in [3.63, 3.8) is 0 Å². The largest absolute Gasteiger partial charge is 0.490 e. The Hall–Kier alpha value is -3.96. The van der Waals surface area contributed by atoms with Crippen LogP contribution in [0.1, 0.15) is 30.0 Å². The van der Waals surface area contributed by atoms with Crippen molar-refractivity contribution in [2.75, 3.05) is 6.61 Å². The first-order valence-corrected chi connectivity index (χ1v) is 12.8. The lowest BCUT2D eigenvalue weighted by Gasteiger charge is -2.26. The van der Waals surface area contributed by atoms with E-state index in [9.17, 15) is 31.2 Å². The Morgan fingerprint density at radius 3 is 2.23 bits per heavy atom. The van der Waals surface area contributed by atoms with Gasteiger partial charge in [0.1, 0.15) is 6.04 Å². The van der Waals surface area contributed by atoms with E-state index in [1.54, 1.807) is 36.4 Å². The van der Waals surface area contributed by atoms with Crippen LogP contribution in [0.4, 0.5) is 13.2 Å². The third kappa shape index (κ3) is 9.38. The van der Waals surface area contributed by atoms with Crippen LogP contribution in [-0.2, 0) is 36.7 Å². The van der Waals surface area contributed by atoms with Crippen molar-refractivity contribution >= 4 is 27.9 Å². The van der Waals surface area contributed by atoms with E-state index in [4.69, 9.17) is 31.6 Å². The molecule has 2 aromatic rings. The van der Waals surface area contributed by atoms with Gasteiger partial charge < -0.3 is 21.1 Å². The number of carboxylic acids is 1. The number of carbonyl (C=O) groups is 2. The van der Waals surface area contributed by atoms with Crippen molar-refractivity contribution in [1.29, 1.82) is 5.41 Å². The molecule has 0 aliphatic heterocycles. The second kappa shape index (κ2) is 12.7. The lowest BCUT2D eigenvalue weighted by Crippen LogP contribution is -2.43. The minimum absolute atomic E-state index is 0.0144. The molecule has 3 rings (SSSR count). The van der Waals surface area contributed by atoms with Crippen molar-refractivity contribution in [2.24, 2.45) is 16.9 Å². The van der Waals surface area contributed by atoms with E-state index in [1.807, 2.05) is 0 Å². The average molecular weight is 577 g/mol. The van der Waals surface area contributed by atoms with E-state index in [2.05, 4.69) is 10.2 Å². The number of aromatic nitrogens is 1. The maximum absolute atomic E-state index is 13.1. The predicted molar refractivity (Wildman–Crippen MR) is 131 cm³/mol. The highest BCUT2D eigenvalue weighted by Crippen LogP contribution is 2.53. The van der Waals surface area contributed by atoms with E-state index in [0.717, 1.165) is 0 Å². The molecule has 1 heterocycles. The minimum Gasteiger partial charge on any atom is -0.475 e. The summed E-state index contributed by atoms with van der Waals surface area (Å²) in [6.07, 6.45) is -2.47. The number of nitrogens with two attached hydrogens (primary N) is 2. The number of hydrogen-bond acceptors (Lipinski definition) is 7. The molecule has 17 heteroatoms. The Morgan fingerprint density at radius 2 is 1.74 bits per heavy atom. The van der Waals surface area contributed by atoms with Gasteiger partial charge in [0.05, 0.1) is 12.4 Å². The standard InChI is InChI=1S/C20H26N6O5S.C2HF3O2/c21-17(27)16(20(8-9-20)13-31-25-19(22)23)26-10-4-7-15(18(26)28)11-24-32(29,30)12-14-5-2-1-3-6-14;3-2(4,5)1(6)7/h1-7,10,16,24H,8-9,11-13H2,(H2,21,27)(H4,22,23,25);(H,6,7). The molecular formula is C22H27F3N6O7S. The molecule has 1 aliphatic carbocycles. The van der Waals surface area contributed by atoms with Crippen molar-refractivity contribution in [2.45, 2.75) is 37.4 Å². The Bertz CT molecular complexity index is 1350. The van der Waals surface area contributed by atoms with Crippen molar-refractivity contribution in [3.05, 3.63) is 70.1 Å². The van der Waals surface area contributed by atoms with Crippen LogP contribution in [0.25, 0.3) is 0 Å². The highest BCUT2D eigenvalue weighted by Gasteiger charge is 2.53. The topological polar surface area (TPSA) is 220 Å². The molecule has 1 saturated carbocycles. The quantitative estimate of drug-likeness (QED) is 0.123. The SMILES string of the molecule is N=C(N)NOCC1(C(C(N)=O)n2cccc(CNS(=O)(=O)Cc3ccccc3)c2=O)CC1.O=C(O)C(F)(F)F. The number of benzene rings is 1. The van der Waals surface area contributed by atoms with E-state index in [-0.39, 0.29) is 24.5 Å². The molecule has 1 fully saturated rings. The fourth-order valence-electron chi connectivity index (χ4n) is 3.58. The molecule has 1 aromatic heterocycles. The van der Waals surface area contributed by atoms with E-state index < -0.39 is 51.1 Å². The predicted octanol–water partition coefficient (Wildman–Crippen LogP) is 0.322. The number of alkyl halides is 3. The molecule has 214 valence electrons. The maximum atomic E-state index is 13.1. The number of sulfonamides is 1. The number of hydrogen-bond donors (Lipinski definition) is 6. The van der Waals surface area contributed by atoms with Gasteiger partial charge in [0.15, 0.2) is 0 Å². The van der Waals surface area contributed by atoms with Gasteiger partial charge in [-0.15, -0.1) is 0 Å². The lowest BCUT2D eigenvalue weighted by atomic mass is 9.96. The molecule has 8 N–H and O–H groups in total. The van der Waals surface area contributed by atoms with Gasteiger partial charge in [0, 0.05) is 23.7 Å². The zero-order valence-corrected chi connectivity index (χ0v) is 21.1. The van der Waals surface area contributed by atoms with E-state index >= 15 is 0 Å². The summed E-state index contributed by atoms with van der Waals surface area (Å²) in [7, 11) is -3.69. The molecule has 1 aliphatic rings. The van der Waals surface area contributed by atoms with Gasteiger partial charge in [-0.1, -0.05) is 36.4 Å². The lowest BCUT2D eigenvalue weighted by molar-refractivity contribution is -0.192. The fourth-order valence-corrected chi connectivity index (χ4v) is 4.68. The zero-order valence-electron chi connectivity index (χ0n) is 20.3. The number of hydroxylamine groups is 1. The minimum atomic E-state index is -5.08. The van der Waals surface area contributed by atoms with Crippen LogP contribution >= 0.6 is 0 Å². The summed E-state index contributed by atoms with van der Waals surface area (Å²) in [4.78, 5) is 39.4. The second-order valence-corrected chi connectivity index (χ2v) is 10.4. The summed E-state index contributed by atoms with van der Waals surface area (Å²) in [5, 5.41) is 14.3. The number of aliphatic carboxylic acids is 1. The summed E-state index contributed by atoms with van der Waals surface area (Å²) in [6, 6.07) is 10.7. The Labute approximate surface area is 220 Å². The van der Waals surface area contributed by atoms with Gasteiger partial charge in [0.25, 0.3) is 5.56 Å². The first-order valence-electron chi connectivity index (χ1n) is 11.1. The van der Waals surface area contributed by atoms with Crippen LogP contribution in [0.2, 0.25) is 0 Å². The van der Waals surface area contributed by atoms with Gasteiger partial charge in [-0.2, -0.15) is 13.2 Å². The van der Waals surface area contributed by atoms with Gasteiger partial charge in [-0.05, 0) is 24.5 Å². The molecule has 39 heavy (non-hydrogen) atoms. The third-order valence-electron chi connectivity index (χ3n) is 5.54. The number of nitrogens with one attached hydrogen (secondary N) is 3. The van der Waals surface area contributed by atoms with E-state index in [0.29, 0.717) is 18.4 Å². The van der Waals surface area contributed by atoms with Gasteiger partial charge in [-0.25, -0.2) is 23.4 Å². The summed E-state index contributed by atoms with van der Waals surface area (Å²) in [5.74, 6) is -4.08. The molecule has 0 radical (unpaired) electrons. The van der Waals surface area contributed by atoms with Crippen molar-refractivity contribution in [3.8, 4) is 0 Å². The van der Waals surface area contributed by atoms with Crippen molar-refractivity contribution < 1.29 is 41.1 Å². The summed E-state index contributed by atoms with van der Waals surface area (Å²) in [6.45, 7) is -0.212. The zero-order chi connectivity index (χ0) is 29.4. The maximum Gasteiger partial charge on any atom is 0.490 e. The summed E-state index contributed by atoms with van der Waals surface area (Å²) >= 11 is 0. The number of primary amides is 1. The smallest absolute Gasteiger partial charge is 0.475 e. The Balaban J connectivity index is 0.000000673. The number of carbonyl (C=O) groups excluding carboxylic acids is 1. The molecule has 1 aromatic carbocycles. The van der Waals surface area contributed by atoms with Crippen LogP contribution < -0.4 is 27.2 Å². The monoisotopic (exact) mass is 576 g/mol. The van der Waals surface area contributed by atoms with Crippen molar-refractivity contribution in [1.82, 2.24) is 14.8 Å². The number of amides is 1. The summed E-state index contributed by atoms with van der Waals surface area (Å²) in [5.41, 5.74) is 12.6. The van der Waals surface area contributed by atoms with Gasteiger partial charge >= 0.3 is 12.1 Å². The number of carboxylic acid groups (broad SMARTS) is 1. The molecule has 0 spiro atoms. The molecule has 1 amide bonds. The van der Waals surface area contributed by atoms with Gasteiger partial charge in [0.2, 0.25) is 21.9 Å². The number of nitrogens with zero attached hydrogens (tertiary/aromatic N) is 1. The molecule has 1 unspecified atom stereocenters. The number of halogens is 3. The van der Waals surface area contributed by atoms with Gasteiger partial charge in [-0.3, -0.25) is 19.8 Å². The Morgan fingerprint density at radius 1 is 1.15 bits per heavy atom. The normalized spacial score (nSPS) is 14.8. The van der Waals surface area contributed by atoms with Crippen LogP contribution in [0.15, 0.2) is 53.5 Å². The second-order valence-electron chi connectivity index (χ2n) is 8.59. The molecule has 1 atom stereocenters. The molecule has 0 saturated heterocycles. The average Bonchev–Trinajstić information content (AvgIpc) is 3.59. The first-order chi connectivity index (χ1) is 18.1. The third-order valence-corrected chi connectivity index (χ3v) is 6.84. The first kappa shape index (κ1) is 31.3. The van der Waals surface area contributed by atoms with Crippen LogP contribution in [0, 0.1) is 10.8 Å². The van der Waals surface area contributed by atoms with E-state index in [1.165, 1.54) is 16.8 Å². The summed E-state index contributed by atoms with van der Waals surface area (Å²) < 4.78 is 60.2. The van der Waals surface area contributed by atoms with Crippen LogP contribution in [-0.4, -0.2) is 48.7 Å². The molecule has 0 bridgehead atoms. The van der Waals surface area contributed by atoms with Crippen LogP contribution in [0.3, 0.4) is 0 Å². The molecule has 13 nitrogen and oxygen atoms in total. The number of guanidine groups is 1. The van der Waals surface area contributed by atoms with Crippen LogP contribution in [0.5, 0.6) is 0 Å². The highest BCUT2D eigenvalue weighted by atomic mass is 32.2. The highest BCUT2D eigenvalue weighted by molar-refractivity contribution is 7.88. The number of rotatable bonds is 11. The fraction of sp³-hybridized carbons (Fsp3) is 0.364. The Kier molecular flexibility index (Phi) is 10.2. The molecular weight excluding hydrogens is 549 g/mol.